The van der Waals surface area contributed by atoms with Gasteiger partial charge in [0.05, 0.1) is 12.4 Å². The van der Waals surface area contributed by atoms with Crippen molar-refractivity contribution in [3.8, 4) is 0 Å². The van der Waals surface area contributed by atoms with Crippen LogP contribution in [-0.4, -0.2) is 19.2 Å². The monoisotopic (exact) mass is 287 g/mol. The molecule has 0 fully saturated rings. The third-order valence-corrected chi connectivity index (χ3v) is 4.49. The molecule has 3 rings (SSSR count). The Morgan fingerprint density at radius 1 is 1.29 bits per heavy atom. The van der Waals surface area contributed by atoms with Crippen LogP contribution in [-0.2, 0) is 19.5 Å². The van der Waals surface area contributed by atoms with E-state index >= 15 is 0 Å². The molecule has 114 valence electrons. The lowest BCUT2D eigenvalue weighted by molar-refractivity contribution is 0.0979. The minimum absolute atomic E-state index is 0.194. The van der Waals surface area contributed by atoms with Gasteiger partial charge in [0.1, 0.15) is 0 Å². The van der Waals surface area contributed by atoms with Crippen LogP contribution in [0.3, 0.4) is 0 Å². The standard InChI is InChI=1S/C17H25N3O/c1-17(2)11-15-14(16(21)12-17)5-9-20(15)8-4-3-7-19-10-6-18-13-19/h5-6,9-10,13,16,21H,3-4,7-8,11-12H2,1-2H3. The number of imidazole rings is 1. The molecule has 2 aromatic heterocycles. The van der Waals surface area contributed by atoms with Gasteiger partial charge < -0.3 is 14.2 Å². The summed E-state index contributed by atoms with van der Waals surface area (Å²) in [4.78, 5) is 4.06. The molecule has 1 atom stereocenters. The van der Waals surface area contributed by atoms with Crippen molar-refractivity contribution in [2.24, 2.45) is 5.41 Å². The van der Waals surface area contributed by atoms with Crippen molar-refractivity contribution in [2.75, 3.05) is 0 Å². The second kappa shape index (κ2) is 5.68. The molecule has 1 aliphatic carbocycles. The SMILES string of the molecule is CC1(C)Cc2c(ccn2CCCCn2ccnc2)C(O)C1. The summed E-state index contributed by atoms with van der Waals surface area (Å²) in [6.07, 6.45) is 11.8. The molecule has 0 amide bonds. The molecular weight excluding hydrogens is 262 g/mol. The first-order chi connectivity index (χ1) is 10.1. The van der Waals surface area contributed by atoms with Gasteiger partial charge in [-0.3, -0.25) is 0 Å². The van der Waals surface area contributed by atoms with E-state index in [1.165, 1.54) is 5.69 Å². The van der Waals surface area contributed by atoms with E-state index in [1.54, 1.807) is 0 Å². The summed E-state index contributed by atoms with van der Waals surface area (Å²) in [6.45, 7) is 6.55. The molecule has 0 bridgehead atoms. The maximum Gasteiger partial charge on any atom is 0.0945 e. The van der Waals surface area contributed by atoms with Crippen molar-refractivity contribution in [1.82, 2.24) is 14.1 Å². The summed E-state index contributed by atoms with van der Waals surface area (Å²) >= 11 is 0. The topological polar surface area (TPSA) is 43.0 Å². The van der Waals surface area contributed by atoms with E-state index in [-0.39, 0.29) is 11.5 Å². The van der Waals surface area contributed by atoms with Crippen molar-refractivity contribution in [3.63, 3.8) is 0 Å². The fourth-order valence-electron chi connectivity index (χ4n) is 3.39. The Morgan fingerprint density at radius 3 is 2.86 bits per heavy atom. The Morgan fingerprint density at radius 2 is 2.10 bits per heavy atom. The highest BCUT2D eigenvalue weighted by molar-refractivity contribution is 5.29. The average molecular weight is 287 g/mol. The quantitative estimate of drug-likeness (QED) is 0.858. The number of aliphatic hydroxyl groups excluding tert-OH is 1. The second-order valence-corrected chi connectivity index (χ2v) is 6.98. The molecular formula is C17H25N3O. The highest BCUT2D eigenvalue weighted by atomic mass is 16.3. The van der Waals surface area contributed by atoms with Crippen LogP contribution in [0.15, 0.2) is 31.0 Å². The highest BCUT2D eigenvalue weighted by Crippen LogP contribution is 2.41. The zero-order chi connectivity index (χ0) is 14.9. The normalized spacial score (nSPS) is 20.4. The Kier molecular flexibility index (Phi) is 3.89. The third kappa shape index (κ3) is 3.21. The second-order valence-electron chi connectivity index (χ2n) is 6.98. The lowest BCUT2D eigenvalue weighted by Gasteiger charge is -2.34. The Labute approximate surface area is 126 Å². The molecule has 21 heavy (non-hydrogen) atoms. The van der Waals surface area contributed by atoms with Gasteiger partial charge >= 0.3 is 0 Å². The predicted octanol–water partition coefficient (Wildman–Crippen LogP) is 3.17. The minimum atomic E-state index is -0.295. The average Bonchev–Trinajstić information content (AvgIpc) is 3.03. The number of rotatable bonds is 5. The van der Waals surface area contributed by atoms with Crippen LogP contribution in [0, 0.1) is 5.41 Å². The Bertz CT molecular complexity index is 583. The summed E-state index contributed by atoms with van der Waals surface area (Å²) in [6, 6.07) is 2.10. The molecule has 4 heteroatoms. The van der Waals surface area contributed by atoms with E-state index in [2.05, 4.69) is 40.2 Å². The number of nitrogens with zero attached hydrogens (tertiary/aromatic N) is 3. The van der Waals surface area contributed by atoms with E-state index < -0.39 is 0 Å². The van der Waals surface area contributed by atoms with E-state index in [4.69, 9.17) is 0 Å². The summed E-state index contributed by atoms with van der Waals surface area (Å²) in [5.41, 5.74) is 2.67. The smallest absolute Gasteiger partial charge is 0.0945 e. The van der Waals surface area contributed by atoms with E-state index in [9.17, 15) is 5.11 Å². The predicted molar refractivity (Wildman–Crippen MR) is 83.0 cm³/mol. The molecule has 1 N–H and O–H groups in total. The fraction of sp³-hybridized carbons (Fsp3) is 0.588. The molecule has 2 aromatic rings. The number of aryl methyl sites for hydroxylation is 2. The van der Waals surface area contributed by atoms with Crippen molar-refractivity contribution in [3.05, 3.63) is 42.2 Å². The summed E-state index contributed by atoms with van der Waals surface area (Å²) < 4.78 is 4.46. The van der Waals surface area contributed by atoms with Crippen molar-refractivity contribution < 1.29 is 5.11 Å². The van der Waals surface area contributed by atoms with Crippen molar-refractivity contribution >= 4 is 0 Å². The van der Waals surface area contributed by atoms with Crippen LogP contribution in [0.1, 0.15) is 50.5 Å². The van der Waals surface area contributed by atoms with Gasteiger partial charge in [0.15, 0.2) is 0 Å². The number of aliphatic hydroxyl groups is 1. The maximum atomic E-state index is 10.3. The fourth-order valence-corrected chi connectivity index (χ4v) is 3.39. The van der Waals surface area contributed by atoms with Crippen molar-refractivity contribution in [2.45, 2.75) is 58.7 Å². The molecule has 2 heterocycles. The molecule has 0 saturated heterocycles. The third-order valence-electron chi connectivity index (χ3n) is 4.49. The molecule has 0 aliphatic heterocycles. The molecule has 1 aliphatic rings. The van der Waals surface area contributed by atoms with Gasteiger partial charge in [0.2, 0.25) is 0 Å². The first-order valence-electron chi connectivity index (χ1n) is 7.87. The Hall–Kier alpha value is -1.55. The van der Waals surface area contributed by atoms with Crippen molar-refractivity contribution in [1.29, 1.82) is 0 Å². The Balaban J connectivity index is 1.59. The number of hydrogen-bond donors (Lipinski definition) is 1. The first kappa shape index (κ1) is 14.4. The first-order valence-corrected chi connectivity index (χ1v) is 7.87. The zero-order valence-corrected chi connectivity index (χ0v) is 13.0. The molecule has 4 nitrogen and oxygen atoms in total. The number of aromatic nitrogens is 3. The van der Waals surface area contributed by atoms with Gasteiger partial charge in [0.25, 0.3) is 0 Å². The van der Waals surface area contributed by atoms with Crippen LogP contribution in [0.2, 0.25) is 0 Å². The molecule has 0 aromatic carbocycles. The molecule has 0 saturated carbocycles. The zero-order valence-electron chi connectivity index (χ0n) is 13.0. The minimum Gasteiger partial charge on any atom is -0.388 e. The number of hydrogen-bond acceptors (Lipinski definition) is 2. The van der Waals surface area contributed by atoms with Gasteiger partial charge in [-0.25, -0.2) is 4.98 Å². The summed E-state index contributed by atoms with van der Waals surface area (Å²) in [7, 11) is 0. The van der Waals surface area contributed by atoms with Gasteiger partial charge in [-0.1, -0.05) is 13.8 Å². The highest BCUT2D eigenvalue weighted by Gasteiger charge is 2.32. The maximum absolute atomic E-state index is 10.3. The summed E-state index contributed by atoms with van der Waals surface area (Å²) in [5.74, 6) is 0. The summed E-state index contributed by atoms with van der Waals surface area (Å²) in [5, 5.41) is 10.3. The molecule has 0 radical (unpaired) electrons. The van der Waals surface area contributed by atoms with E-state index in [0.717, 1.165) is 44.3 Å². The molecule has 0 spiro atoms. The van der Waals surface area contributed by atoms with Crippen LogP contribution < -0.4 is 0 Å². The van der Waals surface area contributed by atoms with Gasteiger partial charge in [0, 0.05) is 42.9 Å². The van der Waals surface area contributed by atoms with Gasteiger partial charge in [-0.2, -0.15) is 0 Å². The van der Waals surface area contributed by atoms with Crippen LogP contribution in [0.5, 0.6) is 0 Å². The molecule has 1 unspecified atom stereocenters. The lowest BCUT2D eigenvalue weighted by atomic mass is 9.75. The number of fused-ring (bicyclic) bond motifs is 1. The van der Waals surface area contributed by atoms with Gasteiger partial charge in [-0.15, -0.1) is 0 Å². The van der Waals surface area contributed by atoms with Gasteiger partial charge in [-0.05, 0) is 37.2 Å². The van der Waals surface area contributed by atoms with Crippen LogP contribution in [0.25, 0.3) is 0 Å². The largest absolute Gasteiger partial charge is 0.388 e. The van der Waals surface area contributed by atoms with E-state index in [0.29, 0.717) is 0 Å². The number of unbranched alkanes of at least 4 members (excludes halogenated alkanes) is 1. The lowest BCUT2D eigenvalue weighted by Crippen LogP contribution is -2.26. The van der Waals surface area contributed by atoms with E-state index in [1.807, 2.05) is 18.7 Å². The van der Waals surface area contributed by atoms with Crippen LogP contribution >= 0.6 is 0 Å². The van der Waals surface area contributed by atoms with Crippen LogP contribution in [0.4, 0.5) is 0 Å².